The van der Waals surface area contributed by atoms with E-state index in [2.05, 4.69) is 9.97 Å². The summed E-state index contributed by atoms with van der Waals surface area (Å²) in [6.45, 7) is 0. The number of hydrogen-bond acceptors (Lipinski definition) is 3. The van der Waals surface area contributed by atoms with Crippen molar-refractivity contribution < 1.29 is 9.13 Å². The molecule has 12 heavy (non-hydrogen) atoms. The van der Waals surface area contributed by atoms with Gasteiger partial charge in [-0.2, -0.15) is 0 Å². The molecule has 0 bridgehead atoms. The van der Waals surface area contributed by atoms with Crippen LogP contribution in [0.4, 0.5) is 4.39 Å². The summed E-state index contributed by atoms with van der Waals surface area (Å²) in [5.74, 6) is -0.0224. The Kier molecular flexibility index (Phi) is 3.39. The standard InChI is InChI=1S/C7H6FIN2O/c1-12-7-4-10-6(3-11-7)5(8)2-9/h2-4H,1H3/b5-2+. The first kappa shape index (κ1) is 9.37. The highest BCUT2D eigenvalue weighted by Gasteiger charge is 2.01. The summed E-state index contributed by atoms with van der Waals surface area (Å²) in [4.78, 5) is 7.58. The van der Waals surface area contributed by atoms with Gasteiger partial charge in [0.1, 0.15) is 5.69 Å². The van der Waals surface area contributed by atoms with Crippen molar-refractivity contribution in [2.45, 2.75) is 0 Å². The molecule has 0 saturated heterocycles. The highest BCUT2D eigenvalue weighted by molar-refractivity contribution is 14.1. The van der Waals surface area contributed by atoms with E-state index in [1.165, 1.54) is 23.6 Å². The minimum Gasteiger partial charge on any atom is -0.480 e. The molecule has 0 spiro atoms. The van der Waals surface area contributed by atoms with Crippen LogP contribution in [0.3, 0.4) is 0 Å². The second kappa shape index (κ2) is 4.34. The Morgan fingerprint density at radius 1 is 1.58 bits per heavy atom. The molecule has 1 heterocycles. The molecule has 0 aliphatic rings. The highest BCUT2D eigenvalue weighted by Crippen LogP contribution is 2.15. The quantitative estimate of drug-likeness (QED) is 0.779. The van der Waals surface area contributed by atoms with Crippen LogP contribution in [0.15, 0.2) is 16.5 Å². The molecule has 0 unspecified atom stereocenters. The lowest BCUT2D eigenvalue weighted by Crippen LogP contribution is -1.91. The smallest absolute Gasteiger partial charge is 0.232 e. The Hall–Kier alpha value is -0.720. The molecule has 0 saturated carbocycles. The third-order valence-corrected chi connectivity index (χ3v) is 1.72. The fraction of sp³-hybridized carbons (Fsp3) is 0.143. The maximum atomic E-state index is 12.8. The van der Waals surface area contributed by atoms with E-state index in [4.69, 9.17) is 4.74 Å². The topological polar surface area (TPSA) is 35.0 Å². The summed E-state index contributed by atoms with van der Waals surface area (Å²) in [7, 11) is 1.48. The van der Waals surface area contributed by atoms with Gasteiger partial charge in [0.05, 0.1) is 19.5 Å². The van der Waals surface area contributed by atoms with E-state index in [0.29, 0.717) is 5.88 Å². The summed E-state index contributed by atoms with van der Waals surface area (Å²) in [6, 6.07) is 0. The molecule has 0 radical (unpaired) electrons. The van der Waals surface area contributed by atoms with Crippen LogP contribution in [-0.4, -0.2) is 17.1 Å². The lowest BCUT2D eigenvalue weighted by atomic mass is 10.4. The minimum absolute atomic E-state index is 0.213. The maximum Gasteiger partial charge on any atom is 0.232 e. The Balaban J connectivity index is 2.92. The molecule has 0 aromatic carbocycles. The minimum atomic E-state index is -0.397. The lowest BCUT2D eigenvalue weighted by Gasteiger charge is -1.97. The molecule has 3 nitrogen and oxygen atoms in total. The molecule has 0 aliphatic heterocycles. The fourth-order valence-corrected chi connectivity index (χ4v) is 0.920. The SMILES string of the molecule is COc1cnc(/C(F)=C\I)cn1. The van der Waals surface area contributed by atoms with Crippen LogP contribution in [0.25, 0.3) is 5.83 Å². The largest absolute Gasteiger partial charge is 0.480 e. The first-order chi connectivity index (χ1) is 5.77. The molecule has 1 rings (SSSR count). The van der Waals surface area contributed by atoms with Gasteiger partial charge in [0.25, 0.3) is 0 Å². The molecule has 0 N–H and O–H groups in total. The number of methoxy groups -OCH3 is 1. The summed E-state index contributed by atoms with van der Waals surface area (Å²) in [6.07, 6.45) is 2.69. The van der Waals surface area contributed by atoms with Crippen molar-refractivity contribution >= 4 is 28.4 Å². The predicted molar refractivity (Wildman–Crippen MR) is 51.7 cm³/mol. The zero-order chi connectivity index (χ0) is 8.97. The van der Waals surface area contributed by atoms with Crippen molar-refractivity contribution in [1.29, 1.82) is 0 Å². The van der Waals surface area contributed by atoms with Gasteiger partial charge in [0.15, 0.2) is 5.83 Å². The average molecular weight is 280 g/mol. The molecule has 1 aromatic rings. The van der Waals surface area contributed by atoms with Crippen molar-refractivity contribution in [2.75, 3.05) is 7.11 Å². The predicted octanol–water partition coefficient (Wildman–Crippen LogP) is 2.19. The van der Waals surface area contributed by atoms with Gasteiger partial charge in [0, 0.05) is 4.08 Å². The Morgan fingerprint density at radius 2 is 2.33 bits per heavy atom. The van der Waals surface area contributed by atoms with Gasteiger partial charge in [-0.1, -0.05) is 0 Å². The lowest BCUT2D eigenvalue weighted by molar-refractivity contribution is 0.395. The fourth-order valence-electron chi connectivity index (χ4n) is 0.601. The molecule has 0 aliphatic carbocycles. The van der Waals surface area contributed by atoms with Gasteiger partial charge in [0.2, 0.25) is 5.88 Å². The summed E-state index contributed by atoms with van der Waals surface area (Å²) < 4.78 is 18.9. The van der Waals surface area contributed by atoms with Crippen molar-refractivity contribution in [3.63, 3.8) is 0 Å². The van der Waals surface area contributed by atoms with Gasteiger partial charge in [-0.25, -0.2) is 14.4 Å². The maximum absolute atomic E-state index is 12.8. The number of aromatic nitrogens is 2. The van der Waals surface area contributed by atoms with Gasteiger partial charge >= 0.3 is 0 Å². The Bertz CT molecular complexity index is 286. The molecule has 64 valence electrons. The van der Waals surface area contributed by atoms with E-state index in [1.807, 2.05) is 0 Å². The van der Waals surface area contributed by atoms with Gasteiger partial charge in [-0.05, 0) is 22.6 Å². The molecular weight excluding hydrogens is 274 g/mol. The molecular formula is C7H6FIN2O. The molecule has 0 amide bonds. The van der Waals surface area contributed by atoms with Gasteiger partial charge < -0.3 is 4.74 Å². The van der Waals surface area contributed by atoms with Crippen molar-refractivity contribution in [1.82, 2.24) is 9.97 Å². The molecule has 1 aromatic heterocycles. The van der Waals surface area contributed by atoms with Crippen LogP contribution in [0.5, 0.6) is 5.88 Å². The first-order valence-corrected chi connectivity index (χ1v) is 4.34. The molecule has 5 heteroatoms. The number of ether oxygens (including phenoxy) is 1. The van der Waals surface area contributed by atoms with E-state index >= 15 is 0 Å². The summed E-state index contributed by atoms with van der Waals surface area (Å²) in [5.41, 5.74) is 0.213. The van der Waals surface area contributed by atoms with Crippen LogP contribution in [0, 0.1) is 0 Å². The molecule has 0 fully saturated rings. The van der Waals surface area contributed by atoms with Crippen molar-refractivity contribution in [2.24, 2.45) is 0 Å². The van der Waals surface area contributed by atoms with Crippen LogP contribution >= 0.6 is 22.6 Å². The first-order valence-electron chi connectivity index (χ1n) is 3.10. The van der Waals surface area contributed by atoms with Crippen LogP contribution in [0.2, 0.25) is 0 Å². The Morgan fingerprint density at radius 3 is 2.75 bits per heavy atom. The number of nitrogens with zero attached hydrogens (tertiary/aromatic N) is 2. The van der Waals surface area contributed by atoms with Crippen LogP contribution in [0.1, 0.15) is 5.69 Å². The zero-order valence-corrected chi connectivity index (χ0v) is 8.45. The molecule has 0 atom stereocenters. The normalized spacial score (nSPS) is 11.4. The van der Waals surface area contributed by atoms with Crippen molar-refractivity contribution in [3.8, 4) is 5.88 Å². The van der Waals surface area contributed by atoms with E-state index in [-0.39, 0.29) is 5.69 Å². The van der Waals surface area contributed by atoms with E-state index < -0.39 is 5.83 Å². The third-order valence-electron chi connectivity index (χ3n) is 1.18. The monoisotopic (exact) mass is 280 g/mol. The van der Waals surface area contributed by atoms with E-state index in [0.717, 1.165) is 0 Å². The summed E-state index contributed by atoms with van der Waals surface area (Å²) in [5, 5.41) is 0. The van der Waals surface area contributed by atoms with Crippen molar-refractivity contribution in [3.05, 3.63) is 22.2 Å². The van der Waals surface area contributed by atoms with Crippen LogP contribution < -0.4 is 4.74 Å². The van der Waals surface area contributed by atoms with Gasteiger partial charge in [-0.3, -0.25) is 0 Å². The summed E-state index contributed by atoms with van der Waals surface area (Å²) >= 11 is 1.80. The van der Waals surface area contributed by atoms with Gasteiger partial charge in [-0.15, -0.1) is 0 Å². The number of halogens is 2. The Labute approximate surface area is 82.8 Å². The van der Waals surface area contributed by atoms with E-state index in [9.17, 15) is 4.39 Å². The third kappa shape index (κ3) is 2.13. The zero-order valence-electron chi connectivity index (χ0n) is 6.29. The highest BCUT2D eigenvalue weighted by atomic mass is 127. The van der Waals surface area contributed by atoms with E-state index in [1.54, 1.807) is 22.6 Å². The number of hydrogen-bond donors (Lipinski definition) is 0. The average Bonchev–Trinajstić information content (AvgIpc) is 2.17. The van der Waals surface area contributed by atoms with Crippen LogP contribution in [-0.2, 0) is 0 Å². The number of rotatable bonds is 2. The second-order valence-electron chi connectivity index (χ2n) is 1.90. The second-order valence-corrected chi connectivity index (χ2v) is 2.52.